The van der Waals surface area contributed by atoms with Crippen LogP contribution in [0.1, 0.15) is 28.4 Å². The summed E-state index contributed by atoms with van der Waals surface area (Å²) in [6, 6.07) is 23.1. The number of aromatic amines is 1. The lowest BCUT2D eigenvalue weighted by molar-refractivity contribution is 0.0918. The summed E-state index contributed by atoms with van der Waals surface area (Å²) in [6.07, 6.45) is 3.35. The van der Waals surface area contributed by atoms with Gasteiger partial charge < -0.3 is 20.1 Å². The third-order valence-corrected chi connectivity index (χ3v) is 6.59. The lowest BCUT2D eigenvalue weighted by atomic mass is 10.0. The second-order valence-electron chi connectivity index (χ2n) is 8.91. The summed E-state index contributed by atoms with van der Waals surface area (Å²) >= 11 is 0. The maximum absolute atomic E-state index is 13.6. The van der Waals surface area contributed by atoms with E-state index in [1.165, 1.54) is 5.56 Å². The van der Waals surface area contributed by atoms with Crippen LogP contribution in [-0.2, 0) is 12.8 Å². The van der Waals surface area contributed by atoms with Gasteiger partial charge >= 0.3 is 0 Å². The van der Waals surface area contributed by atoms with E-state index in [-0.39, 0.29) is 12.5 Å². The molecule has 0 unspecified atom stereocenters. The lowest BCUT2D eigenvalue weighted by Crippen LogP contribution is -2.39. The average Bonchev–Trinajstić information content (AvgIpc) is 3.34. The number of pyridine rings is 1. The highest BCUT2D eigenvalue weighted by molar-refractivity contribution is 6.07. The Morgan fingerprint density at radius 3 is 2.72 bits per heavy atom. The largest absolute Gasteiger partial charge is 0.497 e. The Labute approximate surface area is 210 Å². The van der Waals surface area contributed by atoms with Crippen molar-refractivity contribution in [2.75, 3.05) is 13.7 Å². The predicted octanol–water partition coefficient (Wildman–Crippen LogP) is 5.29. The molecule has 1 atom stereocenters. The molecule has 182 valence electrons. The fourth-order valence-electron chi connectivity index (χ4n) is 4.61. The monoisotopic (exact) mass is 479 g/mol. The number of amides is 1. The molecule has 0 fully saturated rings. The molecule has 0 saturated carbocycles. The molecule has 0 aliphatic carbocycles. The molecule has 5 aromatic rings. The number of aliphatic hydroxyl groups excluding tert-OH is 1. The third kappa shape index (κ3) is 4.68. The number of aryl methyl sites for hydroxylation is 1. The molecule has 0 aliphatic rings. The summed E-state index contributed by atoms with van der Waals surface area (Å²) in [6.45, 7) is 1.93. The van der Waals surface area contributed by atoms with Gasteiger partial charge in [0.15, 0.2) is 0 Å². The zero-order valence-electron chi connectivity index (χ0n) is 20.4. The van der Waals surface area contributed by atoms with Gasteiger partial charge in [0, 0.05) is 28.0 Å². The van der Waals surface area contributed by atoms with Crippen molar-refractivity contribution in [2.45, 2.75) is 25.8 Å². The highest BCUT2D eigenvalue weighted by Crippen LogP contribution is 2.29. The minimum Gasteiger partial charge on any atom is -0.497 e. The van der Waals surface area contributed by atoms with Gasteiger partial charge in [0.2, 0.25) is 0 Å². The topological polar surface area (TPSA) is 87.2 Å². The molecule has 0 aliphatic heterocycles. The summed E-state index contributed by atoms with van der Waals surface area (Å²) in [5.74, 6) is 0.388. The van der Waals surface area contributed by atoms with Gasteiger partial charge in [-0.1, -0.05) is 43.3 Å². The molecule has 1 amide bonds. The molecule has 6 nitrogen and oxygen atoms in total. The van der Waals surface area contributed by atoms with Crippen LogP contribution < -0.4 is 10.1 Å². The first kappa shape index (κ1) is 23.6. The smallest absolute Gasteiger partial charge is 0.252 e. The molecule has 6 heteroatoms. The van der Waals surface area contributed by atoms with Crippen molar-refractivity contribution in [1.82, 2.24) is 15.3 Å². The predicted molar refractivity (Wildman–Crippen MR) is 143 cm³/mol. The summed E-state index contributed by atoms with van der Waals surface area (Å²) in [7, 11) is 1.60. The number of benzene rings is 3. The normalized spacial score (nSPS) is 12.1. The molecule has 5 rings (SSSR count). The van der Waals surface area contributed by atoms with Gasteiger partial charge in [0.05, 0.1) is 36.5 Å². The van der Waals surface area contributed by atoms with Crippen molar-refractivity contribution in [3.8, 4) is 17.0 Å². The minimum absolute atomic E-state index is 0.178. The first-order chi connectivity index (χ1) is 17.6. The van der Waals surface area contributed by atoms with Gasteiger partial charge in [-0.3, -0.25) is 4.79 Å². The number of hydrogen-bond donors (Lipinski definition) is 3. The number of H-pyrrole nitrogens is 1. The number of hydrogen-bond acceptors (Lipinski definition) is 4. The number of nitrogens with zero attached hydrogens (tertiary/aromatic N) is 1. The van der Waals surface area contributed by atoms with Crippen molar-refractivity contribution in [1.29, 1.82) is 0 Å². The Balaban J connectivity index is 1.51. The first-order valence-electron chi connectivity index (χ1n) is 12.1. The van der Waals surface area contributed by atoms with Crippen LogP contribution in [-0.4, -0.2) is 40.7 Å². The fraction of sp³-hybridized carbons (Fsp3) is 0.200. The zero-order chi connectivity index (χ0) is 25.1. The quantitative estimate of drug-likeness (QED) is 0.282. The number of fused-ring (bicyclic) bond motifs is 2. The van der Waals surface area contributed by atoms with Crippen LogP contribution in [0.25, 0.3) is 33.1 Å². The lowest BCUT2D eigenvalue weighted by Gasteiger charge is -2.18. The van der Waals surface area contributed by atoms with E-state index in [1.54, 1.807) is 7.11 Å². The van der Waals surface area contributed by atoms with Crippen molar-refractivity contribution in [3.63, 3.8) is 0 Å². The molecule has 0 radical (unpaired) electrons. The van der Waals surface area contributed by atoms with Gasteiger partial charge in [0.25, 0.3) is 5.91 Å². The number of carbonyl (C=O) groups is 1. The Morgan fingerprint density at radius 2 is 1.92 bits per heavy atom. The molecule has 3 aromatic carbocycles. The zero-order valence-corrected chi connectivity index (χ0v) is 20.4. The van der Waals surface area contributed by atoms with E-state index >= 15 is 0 Å². The minimum atomic E-state index is -0.447. The van der Waals surface area contributed by atoms with Gasteiger partial charge in [-0.05, 0) is 60.4 Å². The van der Waals surface area contributed by atoms with Gasteiger partial charge in [-0.2, -0.15) is 0 Å². The van der Waals surface area contributed by atoms with Gasteiger partial charge in [0.1, 0.15) is 5.75 Å². The number of rotatable bonds is 8. The van der Waals surface area contributed by atoms with Crippen molar-refractivity contribution in [2.24, 2.45) is 0 Å². The number of aliphatic hydroxyl groups is 1. The second kappa shape index (κ2) is 10.2. The van der Waals surface area contributed by atoms with E-state index in [1.807, 2.05) is 66.9 Å². The number of methoxy groups -OCH3 is 1. The van der Waals surface area contributed by atoms with Crippen molar-refractivity contribution in [3.05, 3.63) is 95.7 Å². The van der Waals surface area contributed by atoms with E-state index in [9.17, 15) is 9.90 Å². The number of aromatic nitrogens is 2. The number of nitrogens with one attached hydrogen (secondary N) is 2. The fourth-order valence-corrected chi connectivity index (χ4v) is 4.61. The first-order valence-corrected chi connectivity index (χ1v) is 12.1. The highest BCUT2D eigenvalue weighted by Gasteiger charge is 2.19. The van der Waals surface area contributed by atoms with Crippen LogP contribution >= 0.6 is 0 Å². The Kier molecular flexibility index (Phi) is 6.69. The Morgan fingerprint density at radius 1 is 1.06 bits per heavy atom. The van der Waals surface area contributed by atoms with Crippen molar-refractivity contribution >= 4 is 27.7 Å². The standard InChI is InChI=1S/C30H29N3O3/c1-3-19-7-6-8-20(13-19)29-16-26(25-15-23(36-2)11-12-28(25)33-29)30(35)32-22(18-34)14-21-17-31-27-10-5-4-9-24(21)27/h4-13,15-17,22,31,34H,3,14,18H2,1-2H3,(H,32,35)/t22-/m1/s1. The summed E-state index contributed by atoms with van der Waals surface area (Å²) in [4.78, 5) is 21.7. The Bertz CT molecular complexity index is 1540. The SMILES string of the molecule is CCc1cccc(-c2cc(C(=O)N[C@@H](CO)Cc3c[nH]c4ccccc34)c3cc(OC)ccc3n2)c1. The molecule has 3 N–H and O–H groups in total. The number of ether oxygens (including phenoxy) is 1. The van der Waals surface area contributed by atoms with Crippen molar-refractivity contribution < 1.29 is 14.6 Å². The van der Waals surface area contributed by atoms with E-state index in [0.29, 0.717) is 28.6 Å². The molecule has 0 spiro atoms. The summed E-state index contributed by atoms with van der Waals surface area (Å²) < 4.78 is 5.41. The molecule has 2 aromatic heterocycles. The van der Waals surface area contributed by atoms with Crippen LogP contribution in [0.3, 0.4) is 0 Å². The van der Waals surface area contributed by atoms with E-state index in [2.05, 4.69) is 29.4 Å². The second-order valence-corrected chi connectivity index (χ2v) is 8.91. The van der Waals surface area contributed by atoms with Crippen LogP contribution in [0.4, 0.5) is 0 Å². The highest BCUT2D eigenvalue weighted by atomic mass is 16.5. The molecular weight excluding hydrogens is 450 g/mol. The molecule has 36 heavy (non-hydrogen) atoms. The van der Waals surface area contributed by atoms with Crippen LogP contribution in [0.15, 0.2) is 79.0 Å². The molecule has 2 heterocycles. The summed E-state index contributed by atoms with van der Waals surface area (Å²) in [5, 5.41) is 15.0. The Hall–Kier alpha value is -4.16. The van der Waals surface area contributed by atoms with Gasteiger partial charge in [-0.25, -0.2) is 4.98 Å². The maximum atomic E-state index is 13.6. The summed E-state index contributed by atoms with van der Waals surface area (Å²) in [5.41, 5.74) is 6.16. The van der Waals surface area contributed by atoms with Crippen LogP contribution in [0.5, 0.6) is 5.75 Å². The third-order valence-electron chi connectivity index (χ3n) is 6.59. The molecular formula is C30H29N3O3. The van der Waals surface area contributed by atoms with E-state index < -0.39 is 6.04 Å². The van der Waals surface area contributed by atoms with E-state index in [4.69, 9.17) is 9.72 Å². The van der Waals surface area contributed by atoms with Crippen LogP contribution in [0.2, 0.25) is 0 Å². The van der Waals surface area contributed by atoms with Crippen LogP contribution in [0, 0.1) is 0 Å². The molecule has 0 saturated heterocycles. The average molecular weight is 480 g/mol. The van der Waals surface area contributed by atoms with E-state index in [0.717, 1.165) is 34.1 Å². The number of carbonyl (C=O) groups excluding carboxylic acids is 1. The maximum Gasteiger partial charge on any atom is 0.252 e. The molecule has 0 bridgehead atoms. The number of para-hydroxylation sites is 1. The van der Waals surface area contributed by atoms with Gasteiger partial charge in [-0.15, -0.1) is 0 Å².